The lowest BCUT2D eigenvalue weighted by Crippen LogP contribution is -2.34. The van der Waals surface area contributed by atoms with Gasteiger partial charge in [-0.2, -0.15) is 0 Å². The Hall–Kier alpha value is -1.66. The Morgan fingerprint density at radius 3 is 1.36 bits per heavy atom. The van der Waals surface area contributed by atoms with Gasteiger partial charge in [-0.1, -0.05) is 43.3 Å². The summed E-state index contributed by atoms with van der Waals surface area (Å²) < 4.78 is 50.1. The molecule has 0 radical (unpaired) electrons. The predicted molar refractivity (Wildman–Crippen MR) is 83.8 cm³/mol. The highest BCUT2D eigenvalue weighted by Crippen LogP contribution is 2.58. The van der Waals surface area contributed by atoms with Crippen molar-refractivity contribution >= 4 is 19.7 Å². The van der Waals surface area contributed by atoms with E-state index < -0.39 is 29.7 Å². The Balaban J connectivity index is 2.20. The van der Waals surface area contributed by atoms with Crippen LogP contribution in [0, 0.1) is 5.92 Å². The van der Waals surface area contributed by atoms with Crippen LogP contribution in [-0.2, 0) is 19.7 Å². The van der Waals surface area contributed by atoms with Crippen LogP contribution in [0.25, 0.3) is 0 Å². The molecule has 22 heavy (non-hydrogen) atoms. The Morgan fingerprint density at radius 1 is 0.773 bits per heavy atom. The number of sulfone groups is 2. The van der Waals surface area contributed by atoms with Gasteiger partial charge in [-0.3, -0.25) is 0 Å². The quantitative estimate of drug-likeness (QED) is 0.861. The molecule has 0 N–H and O–H groups in total. The van der Waals surface area contributed by atoms with Crippen molar-refractivity contribution < 1.29 is 16.8 Å². The van der Waals surface area contributed by atoms with Crippen molar-refractivity contribution in [2.24, 2.45) is 5.92 Å². The molecule has 116 valence electrons. The summed E-state index contributed by atoms with van der Waals surface area (Å²) in [5, 5.41) is 0. The predicted octanol–water partition coefficient (Wildman–Crippen LogP) is 2.67. The molecule has 0 amide bonds. The standard InChI is InChI=1S/C16H16O4S2/c1-13-12-16(13,21(17,18)14-8-4-2-5-9-14)22(19,20)15-10-6-3-7-11-15/h2-11,13H,12H2,1H3. The lowest BCUT2D eigenvalue weighted by Gasteiger charge is -2.18. The van der Waals surface area contributed by atoms with Gasteiger partial charge in [-0.15, -0.1) is 0 Å². The molecule has 1 saturated carbocycles. The second-order valence-corrected chi connectivity index (χ2v) is 10.2. The lowest BCUT2D eigenvalue weighted by atomic mass is 10.4. The van der Waals surface area contributed by atoms with E-state index >= 15 is 0 Å². The monoisotopic (exact) mass is 336 g/mol. The van der Waals surface area contributed by atoms with Crippen molar-refractivity contribution in [2.45, 2.75) is 27.2 Å². The van der Waals surface area contributed by atoms with E-state index in [-0.39, 0.29) is 16.2 Å². The molecule has 0 aliphatic heterocycles. The largest absolute Gasteiger partial charge is 0.222 e. The first kappa shape index (κ1) is 15.2. The minimum absolute atomic E-state index is 0.0545. The van der Waals surface area contributed by atoms with Crippen LogP contribution >= 0.6 is 0 Å². The Kier molecular flexibility index (Phi) is 3.41. The summed E-state index contributed by atoms with van der Waals surface area (Å²) in [7, 11) is -7.94. The Bertz CT molecular complexity index is 816. The summed E-state index contributed by atoms with van der Waals surface area (Å²) in [5.41, 5.74) is 0. The topological polar surface area (TPSA) is 68.3 Å². The fourth-order valence-electron chi connectivity index (χ4n) is 2.86. The van der Waals surface area contributed by atoms with Crippen LogP contribution in [-0.4, -0.2) is 20.9 Å². The summed E-state index contributed by atoms with van der Waals surface area (Å²) in [6, 6.07) is 15.6. The third kappa shape index (κ3) is 1.94. The summed E-state index contributed by atoms with van der Waals surface area (Å²) >= 11 is 0. The van der Waals surface area contributed by atoms with E-state index in [2.05, 4.69) is 0 Å². The Labute approximate surface area is 130 Å². The van der Waals surface area contributed by atoms with Crippen molar-refractivity contribution in [3.05, 3.63) is 60.7 Å². The normalized spacial score (nSPS) is 20.5. The third-order valence-corrected chi connectivity index (χ3v) is 10.3. The van der Waals surface area contributed by atoms with Gasteiger partial charge in [0.2, 0.25) is 0 Å². The zero-order chi connectivity index (χ0) is 16.0. The highest BCUT2D eigenvalue weighted by Gasteiger charge is 2.70. The maximum atomic E-state index is 13.0. The van der Waals surface area contributed by atoms with E-state index in [0.29, 0.717) is 0 Å². The highest BCUT2D eigenvalue weighted by molar-refractivity contribution is 8.10. The molecule has 0 spiro atoms. The van der Waals surface area contributed by atoms with Crippen molar-refractivity contribution in [3.8, 4) is 0 Å². The summed E-state index contributed by atoms with van der Waals surface area (Å²) in [4.78, 5) is 0.109. The molecule has 6 heteroatoms. The fourth-order valence-corrected chi connectivity index (χ4v) is 8.42. The molecule has 2 aromatic rings. The van der Waals surface area contributed by atoms with E-state index in [4.69, 9.17) is 0 Å². The minimum Gasteiger partial charge on any atom is -0.222 e. The third-order valence-electron chi connectivity index (χ3n) is 4.20. The van der Waals surface area contributed by atoms with Crippen molar-refractivity contribution in [1.29, 1.82) is 0 Å². The second kappa shape index (κ2) is 4.93. The van der Waals surface area contributed by atoms with Crippen LogP contribution in [0.15, 0.2) is 70.5 Å². The molecule has 1 aliphatic rings. The number of rotatable bonds is 4. The first-order valence-corrected chi connectivity index (χ1v) is 9.90. The molecule has 2 aromatic carbocycles. The van der Waals surface area contributed by atoms with Crippen molar-refractivity contribution in [2.75, 3.05) is 0 Å². The molecule has 1 unspecified atom stereocenters. The lowest BCUT2D eigenvalue weighted by molar-refractivity contribution is 0.568. The van der Waals surface area contributed by atoms with Gasteiger partial charge in [-0.25, -0.2) is 16.8 Å². The molecule has 0 aromatic heterocycles. The molecule has 1 fully saturated rings. The molecule has 0 heterocycles. The smallest absolute Gasteiger partial charge is 0.199 e. The summed E-state index contributed by atoms with van der Waals surface area (Å²) in [5.74, 6) is -0.428. The first-order chi connectivity index (χ1) is 10.3. The van der Waals surface area contributed by atoms with E-state index in [9.17, 15) is 16.8 Å². The highest BCUT2D eigenvalue weighted by atomic mass is 32.3. The van der Waals surface area contributed by atoms with E-state index in [1.807, 2.05) is 0 Å². The molecular formula is C16H16O4S2. The molecule has 1 atom stereocenters. The van der Waals surface area contributed by atoms with Crippen molar-refractivity contribution in [3.63, 3.8) is 0 Å². The Morgan fingerprint density at radius 2 is 1.09 bits per heavy atom. The second-order valence-electron chi connectivity index (χ2n) is 5.55. The van der Waals surface area contributed by atoms with E-state index in [0.717, 1.165) is 0 Å². The maximum absolute atomic E-state index is 13.0. The van der Waals surface area contributed by atoms with Gasteiger partial charge in [0, 0.05) is 0 Å². The SMILES string of the molecule is CC1CC1(S(=O)(=O)c1ccccc1)S(=O)(=O)c1ccccc1. The fraction of sp³-hybridized carbons (Fsp3) is 0.250. The van der Waals surface area contributed by atoms with Gasteiger partial charge in [0.25, 0.3) is 0 Å². The average Bonchev–Trinajstić information content (AvgIpc) is 3.23. The van der Waals surface area contributed by atoms with Crippen LogP contribution in [0.2, 0.25) is 0 Å². The number of benzene rings is 2. The van der Waals surface area contributed by atoms with E-state index in [1.165, 1.54) is 24.3 Å². The van der Waals surface area contributed by atoms with Gasteiger partial charge in [0.05, 0.1) is 9.79 Å². The van der Waals surface area contributed by atoms with Crippen LogP contribution in [0.5, 0.6) is 0 Å². The average molecular weight is 336 g/mol. The van der Waals surface area contributed by atoms with Gasteiger partial charge in [0.1, 0.15) is 0 Å². The zero-order valence-corrected chi connectivity index (χ0v) is 13.6. The van der Waals surface area contributed by atoms with E-state index in [1.54, 1.807) is 43.3 Å². The molecule has 4 nitrogen and oxygen atoms in total. The minimum atomic E-state index is -3.97. The van der Waals surface area contributed by atoms with Gasteiger partial charge >= 0.3 is 0 Å². The summed E-state index contributed by atoms with van der Waals surface area (Å²) in [6.45, 7) is 1.67. The maximum Gasteiger partial charge on any atom is 0.199 e. The van der Waals surface area contributed by atoms with Crippen LogP contribution in [0.3, 0.4) is 0 Å². The molecule has 0 bridgehead atoms. The zero-order valence-electron chi connectivity index (χ0n) is 12.0. The molecule has 0 saturated heterocycles. The van der Waals surface area contributed by atoms with Crippen LogP contribution in [0.4, 0.5) is 0 Å². The molecular weight excluding hydrogens is 320 g/mol. The summed E-state index contributed by atoms with van der Waals surface area (Å²) in [6.07, 6.45) is 0.126. The molecule has 3 rings (SSSR count). The van der Waals surface area contributed by atoms with Crippen LogP contribution in [0.1, 0.15) is 13.3 Å². The number of hydrogen-bond acceptors (Lipinski definition) is 4. The van der Waals surface area contributed by atoms with Gasteiger partial charge < -0.3 is 0 Å². The first-order valence-electron chi connectivity index (χ1n) is 6.93. The van der Waals surface area contributed by atoms with Gasteiger partial charge in [-0.05, 0) is 36.6 Å². The molecule has 1 aliphatic carbocycles. The van der Waals surface area contributed by atoms with Crippen molar-refractivity contribution in [1.82, 2.24) is 0 Å². The van der Waals surface area contributed by atoms with Gasteiger partial charge in [0.15, 0.2) is 23.8 Å². The number of hydrogen-bond donors (Lipinski definition) is 0. The van der Waals surface area contributed by atoms with Crippen LogP contribution < -0.4 is 0 Å².